The van der Waals surface area contributed by atoms with E-state index in [0.29, 0.717) is 10.7 Å². The van der Waals surface area contributed by atoms with Crippen LogP contribution in [-0.2, 0) is 7.05 Å². The van der Waals surface area contributed by atoms with Gasteiger partial charge in [-0.25, -0.2) is 9.78 Å². The predicted octanol–water partition coefficient (Wildman–Crippen LogP) is 2.93. The molecule has 0 aliphatic carbocycles. The number of carboxylic acids is 1. The third-order valence-corrected chi connectivity index (χ3v) is 3.73. The zero-order chi connectivity index (χ0) is 15.9. The molecule has 112 valence electrons. The number of rotatable bonds is 3. The summed E-state index contributed by atoms with van der Waals surface area (Å²) >= 11 is 6.37. The summed E-state index contributed by atoms with van der Waals surface area (Å²) in [5.41, 5.74) is 2.31. The van der Waals surface area contributed by atoms with Gasteiger partial charge in [0.1, 0.15) is 5.82 Å². The average Bonchev–Trinajstić information content (AvgIpc) is 3.05. The van der Waals surface area contributed by atoms with Gasteiger partial charge in [0, 0.05) is 25.0 Å². The van der Waals surface area contributed by atoms with E-state index < -0.39 is 5.97 Å². The number of aryl methyl sites for hydroxylation is 2. The Morgan fingerprint density at radius 3 is 2.64 bits per heavy atom. The van der Waals surface area contributed by atoms with Crippen LogP contribution in [0.15, 0.2) is 36.7 Å². The van der Waals surface area contributed by atoms with Crippen LogP contribution in [0.4, 0.5) is 0 Å². The molecule has 0 spiro atoms. The molecule has 6 nitrogen and oxygen atoms in total. The summed E-state index contributed by atoms with van der Waals surface area (Å²) in [5.74, 6) is -0.220. The van der Waals surface area contributed by atoms with Crippen LogP contribution in [0.5, 0.6) is 0 Å². The van der Waals surface area contributed by atoms with Crippen molar-refractivity contribution in [2.24, 2.45) is 7.05 Å². The quantitative estimate of drug-likeness (QED) is 0.806. The highest BCUT2D eigenvalue weighted by molar-refractivity contribution is 6.32. The third-order valence-electron chi connectivity index (χ3n) is 3.43. The van der Waals surface area contributed by atoms with Gasteiger partial charge in [-0.3, -0.25) is 4.68 Å². The average molecular weight is 317 g/mol. The lowest BCUT2D eigenvalue weighted by molar-refractivity contribution is 0.0689. The molecule has 0 saturated heterocycles. The standard InChI is InChI=1S/C15H13ClN4O2/c1-9-17-5-6-20(9)13-4-3-10(7-11(13)16)14-8-12(15(21)22)18-19(14)2/h3-8H,1-2H3,(H,21,22). The van der Waals surface area contributed by atoms with Crippen LogP contribution in [-0.4, -0.2) is 30.4 Å². The van der Waals surface area contributed by atoms with Gasteiger partial charge >= 0.3 is 5.97 Å². The van der Waals surface area contributed by atoms with E-state index in [-0.39, 0.29) is 5.69 Å². The summed E-state index contributed by atoms with van der Waals surface area (Å²) in [4.78, 5) is 15.2. The van der Waals surface area contributed by atoms with E-state index in [2.05, 4.69) is 10.1 Å². The Morgan fingerprint density at radius 1 is 1.32 bits per heavy atom. The Hall–Kier alpha value is -2.60. The minimum absolute atomic E-state index is 0.00292. The first-order chi connectivity index (χ1) is 10.5. The number of halogens is 1. The Bertz CT molecular complexity index is 866. The van der Waals surface area contributed by atoms with Crippen LogP contribution in [0.25, 0.3) is 16.9 Å². The maximum atomic E-state index is 11.0. The molecule has 0 radical (unpaired) electrons. The third kappa shape index (κ3) is 2.37. The molecular weight excluding hydrogens is 304 g/mol. The molecule has 2 aromatic heterocycles. The summed E-state index contributed by atoms with van der Waals surface area (Å²) in [6.45, 7) is 1.89. The lowest BCUT2D eigenvalue weighted by atomic mass is 10.1. The first-order valence-electron chi connectivity index (χ1n) is 6.55. The molecular formula is C15H13ClN4O2. The number of carbonyl (C=O) groups is 1. The zero-order valence-corrected chi connectivity index (χ0v) is 12.7. The first-order valence-corrected chi connectivity index (χ1v) is 6.93. The van der Waals surface area contributed by atoms with Crippen LogP contribution in [0.2, 0.25) is 5.02 Å². The van der Waals surface area contributed by atoms with E-state index in [1.54, 1.807) is 19.3 Å². The molecule has 0 amide bonds. The highest BCUT2D eigenvalue weighted by Gasteiger charge is 2.14. The van der Waals surface area contributed by atoms with E-state index in [9.17, 15) is 4.79 Å². The molecule has 0 aliphatic heterocycles. The number of imidazole rings is 1. The molecule has 7 heteroatoms. The number of nitrogens with zero attached hydrogens (tertiary/aromatic N) is 4. The minimum atomic E-state index is -1.06. The summed E-state index contributed by atoms with van der Waals surface area (Å²) < 4.78 is 3.41. The highest BCUT2D eigenvalue weighted by atomic mass is 35.5. The second-order valence-electron chi connectivity index (χ2n) is 4.85. The predicted molar refractivity (Wildman–Crippen MR) is 82.5 cm³/mol. The molecule has 0 bridgehead atoms. The molecule has 22 heavy (non-hydrogen) atoms. The second kappa shape index (κ2) is 5.31. The number of hydrogen-bond acceptors (Lipinski definition) is 3. The number of aromatic carboxylic acids is 1. The maximum absolute atomic E-state index is 11.0. The van der Waals surface area contributed by atoms with Gasteiger partial charge in [0.2, 0.25) is 0 Å². The normalized spacial score (nSPS) is 10.9. The largest absolute Gasteiger partial charge is 0.476 e. The van der Waals surface area contributed by atoms with Crippen molar-refractivity contribution in [3.8, 4) is 16.9 Å². The van der Waals surface area contributed by atoms with Crippen LogP contribution in [0.3, 0.4) is 0 Å². The van der Waals surface area contributed by atoms with Crippen molar-refractivity contribution < 1.29 is 9.90 Å². The summed E-state index contributed by atoms with van der Waals surface area (Å²) in [5, 5.41) is 13.5. The Kier molecular flexibility index (Phi) is 3.46. The van der Waals surface area contributed by atoms with Crippen molar-refractivity contribution in [1.29, 1.82) is 0 Å². The van der Waals surface area contributed by atoms with Crippen molar-refractivity contribution in [2.45, 2.75) is 6.92 Å². The molecule has 0 unspecified atom stereocenters. The first kappa shape index (κ1) is 14.3. The van der Waals surface area contributed by atoms with Gasteiger partial charge < -0.3 is 9.67 Å². The van der Waals surface area contributed by atoms with Gasteiger partial charge in [-0.2, -0.15) is 5.10 Å². The fraction of sp³-hybridized carbons (Fsp3) is 0.133. The number of aromatic nitrogens is 4. The van der Waals surface area contributed by atoms with Crippen LogP contribution < -0.4 is 0 Å². The van der Waals surface area contributed by atoms with E-state index in [1.165, 1.54) is 10.7 Å². The Morgan fingerprint density at radius 2 is 2.09 bits per heavy atom. The Labute approximate surface area is 131 Å². The van der Waals surface area contributed by atoms with Gasteiger partial charge in [-0.05, 0) is 25.1 Å². The molecule has 1 aromatic carbocycles. The molecule has 1 N–H and O–H groups in total. The van der Waals surface area contributed by atoms with Crippen molar-refractivity contribution in [3.05, 3.63) is 53.2 Å². The molecule has 3 rings (SSSR count). The van der Waals surface area contributed by atoms with Crippen molar-refractivity contribution in [2.75, 3.05) is 0 Å². The molecule has 2 heterocycles. The van der Waals surface area contributed by atoms with Crippen molar-refractivity contribution >= 4 is 17.6 Å². The SMILES string of the molecule is Cc1nccn1-c1ccc(-c2cc(C(=O)O)nn2C)cc1Cl. The molecule has 0 atom stereocenters. The fourth-order valence-electron chi connectivity index (χ4n) is 2.34. The molecule has 3 aromatic rings. The Balaban J connectivity index is 2.06. The van der Waals surface area contributed by atoms with Crippen molar-refractivity contribution in [3.63, 3.8) is 0 Å². The van der Waals surface area contributed by atoms with Gasteiger partial charge in [0.05, 0.1) is 16.4 Å². The van der Waals surface area contributed by atoms with Crippen LogP contribution >= 0.6 is 11.6 Å². The second-order valence-corrected chi connectivity index (χ2v) is 5.26. The van der Waals surface area contributed by atoms with Gasteiger partial charge in [-0.1, -0.05) is 17.7 Å². The molecule has 0 saturated carbocycles. The van der Waals surface area contributed by atoms with Crippen LogP contribution in [0, 0.1) is 6.92 Å². The summed E-state index contributed by atoms with van der Waals surface area (Å²) in [6.07, 6.45) is 3.54. The van der Waals surface area contributed by atoms with Gasteiger partial charge in [-0.15, -0.1) is 0 Å². The molecule has 0 fully saturated rings. The highest BCUT2D eigenvalue weighted by Crippen LogP contribution is 2.28. The van der Waals surface area contributed by atoms with Gasteiger partial charge in [0.25, 0.3) is 0 Å². The summed E-state index contributed by atoms with van der Waals surface area (Å²) in [7, 11) is 1.70. The fourth-order valence-corrected chi connectivity index (χ4v) is 2.61. The number of carboxylic acid groups (broad SMARTS) is 1. The topological polar surface area (TPSA) is 72.9 Å². The lowest BCUT2D eigenvalue weighted by Crippen LogP contribution is -1.99. The van der Waals surface area contributed by atoms with Crippen LogP contribution in [0.1, 0.15) is 16.3 Å². The summed E-state index contributed by atoms with van der Waals surface area (Å²) in [6, 6.07) is 7.07. The maximum Gasteiger partial charge on any atom is 0.356 e. The van der Waals surface area contributed by atoms with E-state index >= 15 is 0 Å². The monoisotopic (exact) mass is 316 g/mol. The minimum Gasteiger partial charge on any atom is -0.476 e. The van der Waals surface area contributed by atoms with Gasteiger partial charge in [0.15, 0.2) is 5.69 Å². The number of benzene rings is 1. The van der Waals surface area contributed by atoms with Crippen molar-refractivity contribution in [1.82, 2.24) is 19.3 Å². The molecule has 0 aliphatic rings. The van der Waals surface area contributed by atoms with E-state index in [1.807, 2.05) is 29.8 Å². The smallest absolute Gasteiger partial charge is 0.356 e. The van der Waals surface area contributed by atoms with E-state index in [0.717, 1.165) is 17.1 Å². The lowest BCUT2D eigenvalue weighted by Gasteiger charge is -2.09. The number of hydrogen-bond donors (Lipinski definition) is 1. The van der Waals surface area contributed by atoms with E-state index in [4.69, 9.17) is 16.7 Å². The zero-order valence-electron chi connectivity index (χ0n) is 12.0.